The molecule has 0 aromatic heterocycles. The maximum Gasteiger partial charge on any atom is 0.0483 e. The molecule has 0 radical (unpaired) electrons. The van der Waals surface area contributed by atoms with Gasteiger partial charge in [-0.15, -0.1) is 11.6 Å². The normalized spacial score (nSPS) is 13.1. The molecule has 0 spiro atoms. The van der Waals surface area contributed by atoms with Crippen LogP contribution in [0.3, 0.4) is 0 Å². The molecule has 0 aliphatic carbocycles. The smallest absolute Gasteiger partial charge is 0.0483 e. The first-order chi connectivity index (χ1) is 6.70. The molecule has 0 fully saturated rings. The van der Waals surface area contributed by atoms with Gasteiger partial charge in [-0.3, -0.25) is 0 Å². The molecule has 14 heavy (non-hydrogen) atoms. The number of rotatable bonds is 5. The fourth-order valence-corrected chi connectivity index (χ4v) is 1.30. The molecular weight excluding hydrogens is 194 g/mol. The van der Waals surface area contributed by atoms with Gasteiger partial charge < -0.3 is 5.32 Å². The van der Waals surface area contributed by atoms with E-state index in [1.54, 1.807) is 0 Å². The van der Waals surface area contributed by atoms with Crippen molar-refractivity contribution in [3.8, 4) is 0 Å². The van der Waals surface area contributed by atoms with Crippen LogP contribution in [0, 0.1) is 5.92 Å². The van der Waals surface area contributed by atoms with Gasteiger partial charge in [0, 0.05) is 18.5 Å². The summed E-state index contributed by atoms with van der Waals surface area (Å²) in [6.07, 6.45) is 0. The van der Waals surface area contributed by atoms with Crippen molar-refractivity contribution >= 4 is 11.6 Å². The Bertz CT molecular complexity index is 246. The Balaban J connectivity index is 2.22. The van der Waals surface area contributed by atoms with Gasteiger partial charge in [-0.05, 0) is 11.5 Å². The van der Waals surface area contributed by atoms with Gasteiger partial charge in [0.1, 0.15) is 0 Å². The van der Waals surface area contributed by atoms with Crippen molar-refractivity contribution in [2.75, 3.05) is 6.54 Å². The van der Waals surface area contributed by atoms with Gasteiger partial charge in [0.2, 0.25) is 0 Å². The minimum Gasteiger partial charge on any atom is -0.311 e. The van der Waals surface area contributed by atoms with E-state index in [4.69, 9.17) is 11.6 Å². The Morgan fingerprint density at radius 3 is 2.43 bits per heavy atom. The molecule has 1 aromatic carbocycles. The third kappa shape index (κ3) is 4.12. The van der Waals surface area contributed by atoms with Gasteiger partial charge in [-0.2, -0.15) is 0 Å². The monoisotopic (exact) mass is 211 g/mol. The minimum atomic E-state index is 0.221. The summed E-state index contributed by atoms with van der Waals surface area (Å²) in [5.74, 6) is 0.528. The van der Waals surface area contributed by atoms with Crippen LogP contribution in [0.4, 0.5) is 0 Å². The average molecular weight is 212 g/mol. The lowest BCUT2D eigenvalue weighted by Crippen LogP contribution is -2.26. The van der Waals surface area contributed by atoms with E-state index in [0.717, 1.165) is 13.1 Å². The molecule has 0 aliphatic heterocycles. The van der Waals surface area contributed by atoms with Crippen molar-refractivity contribution in [1.29, 1.82) is 0 Å². The van der Waals surface area contributed by atoms with Gasteiger partial charge in [-0.25, -0.2) is 0 Å². The van der Waals surface area contributed by atoms with Crippen LogP contribution in [-0.2, 0) is 6.54 Å². The highest BCUT2D eigenvalue weighted by molar-refractivity contribution is 6.20. The first-order valence-corrected chi connectivity index (χ1v) is 5.52. The second kappa shape index (κ2) is 6.05. The molecule has 1 rings (SSSR count). The Hall–Kier alpha value is -0.530. The second-order valence-electron chi connectivity index (χ2n) is 3.88. The summed E-state index contributed by atoms with van der Waals surface area (Å²) >= 11 is 6.12. The third-order valence-electron chi connectivity index (χ3n) is 2.23. The molecule has 0 amide bonds. The van der Waals surface area contributed by atoms with Crippen molar-refractivity contribution in [1.82, 2.24) is 5.32 Å². The third-order valence-corrected chi connectivity index (χ3v) is 2.89. The lowest BCUT2D eigenvalue weighted by Gasteiger charge is -2.13. The standard InChI is InChI=1S/C12H18ClN/c1-10(2)12(13)9-14-8-11-6-4-3-5-7-11/h3-7,10,12,14H,8-9H2,1-2H3. The first kappa shape index (κ1) is 11.5. The molecule has 2 heteroatoms. The molecule has 0 bridgehead atoms. The lowest BCUT2D eigenvalue weighted by molar-refractivity contribution is 0.546. The van der Waals surface area contributed by atoms with Crippen LogP contribution in [0.25, 0.3) is 0 Å². The molecule has 1 atom stereocenters. The highest BCUT2D eigenvalue weighted by Gasteiger charge is 2.07. The van der Waals surface area contributed by atoms with E-state index >= 15 is 0 Å². The van der Waals surface area contributed by atoms with Crippen molar-refractivity contribution < 1.29 is 0 Å². The zero-order valence-corrected chi connectivity index (χ0v) is 9.59. The van der Waals surface area contributed by atoms with Gasteiger partial charge in [0.25, 0.3) is 0 Å². The minimum absolute atomic E-state index is 0.221. The highest BCUT2D eigenvalue weighted by Crippen LogP contribution is 2.08. The molecule has 0 saturated heterocycles. The topological polar surface area (TPSA) is 12.0 Å². The Kier molecular flexibility index (Phi) is 4.99. The Morgan fingerprint density at radius 1 is 1.21 bits per heavy atom. The molecule has 1 N–H and O–H groups in total. The summed E-state index contributed by atoms with van der Waals surface area (Å²) in [6.45, 7) is 6.05. The number of hydrogen-bond donors (Lipinski definition) is 1. The Labute approximate surface area is 91.5 Å². The van der Waals surface area contributed by atoms with Crippen LogP contribution < -0.4 is 5.32 Å². The van der Waals surface area contributed by atoms with Crippen LogP contribution in [-0.4, -0.2) is 11.9 Å². The van der Waals surface area contributed by atoms with Gasteiger partial charge in [0.05, 0.1) is 0 Å². The molecular formula is C12H18ClN. The van der Waals surface area contributed by atoms with Crippen molar-refractivity contribution in [2.24, 2.45) is 5.92 Å². The van der Waals surface area contributed by atoms with E-state index < -0.39 is 0 Å². The quantitative estimate of drug-likeness (QED) is 0.739. The highest BCUT2D eigenvalue weighted by atomic mass is 35.5. The molecule has 0 saturated carbocycles. The molecule has 78 valence electrons. The number of benzene rings is 1. The van der Waals surface area contributed by atoms with Crippen molar-refractivity contribution in [2.45, 2.75) is 25.8 Å². The number of halogens is 1. The summed E-state index contributed by atoms with van der Waals surface area (Å²) in [4.78, 5) is 0. The predicted octanol–water partition coefficient (Wildman–Crippen LogP) is 3.04. The zero-order chi connectivity index (χ0) is 10.4. The van der Waals surface area contributed by atoms with E-state index in [1.165, 1.54) is 5.56 Å². The van der Waals surface area contributed by atoms with Gasteiger partial charge >= 0.3 is 0 Å². The molecule has 1 aromatic rings. The number of alkyl halides is 1. The lowest BCUT2D eigenvalue weighted by atomic mass is 10.1. The van der Waals surface area contributed by atoms with Gasteiger partial charge in [0.15, 0.2) is 0 Å². The maximum absolute atomic E-state index is 6.12. The zero-order valence-electron chi connectivity index (χ0n) is 8.83. The fraction of sp³-hybridized carbons (Fsp3) is 0.500. The van der Waals surface area contributed by atoms with Crippen molar-refractivity contribution in [3.63, 3.8) is 0 Å². The van der Waals surface area contributed by atoms with E-state index in [9.17, 15) is 0 Å². The molecule has 0 heterocycles. The van der Waals surface area contributed by atoms with E-state index in [2.05, 4.69) is 43.4 Å². The maximum atomic E-state index is 6.12. The number of nitrogens with one attached hydrogen (secondary N) is 1. The summed E-state index contributed by atoms with van der Waals surface area (Å²) in [7, 11) is 0. The van der Waals surface area contributed by atoms with E-state index in [1.807, 2.05) is 6.07 Å². The Morgan fingerprint density at radius 2 is 1.86 bits per heavy atom. The summed E-state index contributed by atoms with van der Waals surface area (Å²) in [5, 5.41) is 3.57. The average Bonchev–Trinajstić information content (AvgIpc) is 2.19. The van der Waals surface area contributed by atoms with Crippen LogP contribution in [0.5, 0.6) is 0 Å². The summed E-state index contributed by atoms with van der Waals surface area (Å²) < 4.78 is 0. The fourth-order valence-electron chi connectivity index (χ4n) is 1.19. The number of hydrogen-bond acceptors (Lipinski definition) is 1. The van der Waals surface area contributed by atoms with E-state index in [-0.39, 0.29) is 5.38 Å². The summed E-state index contributed by atoms with van der Waals surface area (Å²) in [6, 6.07) is 10.4. The summed E-state index contributed by atoms with van der Waals surface area (Å²) in [5.41, 5.74) is 1.31. The van der Waals surface area contributed by atoms with E-state index in [0.29, 0.717) is 5.92 Å². The predicted molar refractivity (Wildman–Crippen MR) is 62.6 cm³/mol. The van der Waals surface area contributed by atoms with Crippen molar-refractivity contribution in [3.05, 3.63) is 35.9 Å². The van der Waals surface area contributed by atoms with Crippen LogP contribution in [0.1, 0.15) is 19.4 Å². The van der Waals surface area contributed by atoms with Crippen LogP contribution in [0.2, 0.25) is 0 Å². The largest absolute Gasteiger partial charge is 0.311 e. The first-order valence-electron chi connectivity index (χ1n) is 5.09. The van der Waals surface area contributed by atoms with Crippen LogP contribution in [0.15, 0.2) is 30.3 Å². The molecule has 1 unspecified atom stereocenters. The molecule has 0 aliphatic rings. The van der Waals surface area contributed by atoms with Gasteiger partial charge in [-0.1, -0.05) is 44.2 Å². The SMILES string of the molecule is CC(C)C(Cl)CNCc1ccccc1. The van der Waals surface area contributed by atoms with Crippen LogP contribution >= 0.6 is 11.6 Å². The second-order valence-corrected chi connectivity index (χ2v) is 4.44. The molecule has 1 nitrogen and oxygen atoms in total.